The molecule has 3 nitrogen and oxygen atoms in total. The summed E-state index contributed by atoms with van der Waals surface area (Å²) in [5, 5.41) is 3.75. The standard InChI is InChI=1S/C18H29NO2/c1-7-21-17-11-16(18(17,4)5)19-13(3)14-9-8-12(2)10-15(14)20-6/h8-10,13,16-17,19H,7,11H2,1-6H3. The van der Waals surface area contributed by atoms with Crippen molar-refractivity contribution in [3.05, 3.63) is 29.3 Å². The fourth-order valence-corrected chi connectivity index (χ4v) is 3.22. The summed E-state index contributed by atoms with van der Waals surface area (Å²) in [7, 11) is 1.74. The molecule has 0 radical (unpaired) electrons. The van der Waals surface area contributed by atoms with Crippen LogP contribution in [0.3, 0.4) is 0 Å². The second kappa shape index (κ2) is 6.37. The fourth-order valence-electron chi connectivity index (χ4n) is 3.22. The zero-order valence-corrected chi connectivity index (χ0v) is 14.2. The third-order valence-corrected chi connectivity index (χ3v) is 4.85. The van der Waals surface area contributed by atoms with Gasteiger partial charge in [0.15, 0.2) is 0 Å². The average Bonchev–Trinajstić information content (AvgIpc) is 2.45. The molecular formula is C18H29NO2. The molecule has 3 heteroatoms. The first-order valence-electron chi connectivity index (χ1n) is 7.92. The fraction of sp³-hybridized carbons (Fsp3) is 0.667. The summed E-state index contributed by atoms with van der Waals surface area (Å²) < 4.78 is 11.3. The van der Waals surface area contributed by atoms with E-state index in [0.717, 1.165) is 18.8 Å². The minimum Gasteiger partial charge on any atom is -0.496 e. The molecule has 1 aromatic rings. The van der Waals surface area contributed by atoms with Crippen molar-refractivity contribution in [1.82, 2.24) is 5.32 Å². The zero-order valence-electron chi connectivity index (χ0n) is 14.2. The monoisotopic (exact) mass is 291 g/mol. The van der Waals surface area contributed by atoms with Gasteiger partial charge in [0.2, 0.25) is 0 Å². The minimum absolute atomic E-state index is 0.183. The number of benzene rings is 1. The molecule has 1 aliphatic carbocycles. The van der Waals surface area contributed by atoms with Crippen molar-refractivity contribution in [1.29, 1.82) is 0 Å². The Balaban J connectivity index is 2.04. The van der Waals surface area contributed by atoms with Crippen molar-refractivity contribution >= 4 is 0 Å². The van der Waals surface area contributed by atoms with Crippen molar-refractivity contribution in [3.8, 4) is 5.75 Å². The van der Waals surface area contributed by atoms with E-state index in [4.69, 9.17) is 9.47 Å². The number of aryl methyl sites for hydroxylation is 1. The highest BCUT2D eigenvalue weighted by atomic mass is 16.5. The Bertz CT molecular complexity index is 484. The minimum atomic E-state index is 0.183. The molecule has 118 valence electrons. The van der Waals surface area contributed by atoms with Gasteiger partial charge in [-0.25, -0.2) is 0 Å². The Morgan fingerprint density at radius 2 is 2.10 bits per heavy atom. The maximum absolute atomic E-state index is 5.81. The van der Waals surface area contributed by atoms with E-state index in [1.165, 1.54) is 11.1 Å². The van der Waals surface area contributed by atoms with E-state index >= 15 is 0 Å². The predicted molar refractivity (Wildman–Crippen MR) is 86.9 cm³/mol. The normalized spacial score (nSPS) is 25.2. The zero-order chi connectivity index (χ0) is 15.6. The Kier molecular flexibility index (Phi) is 4.95. The van der Waals surface area contributed by atoms with Gasteiger partial charge >= 0.3 is 0 Å². The quantitative estimate of drug-likeness (QED) is 0.863. The highest BCUT2D eigenvalue weighted by Crippen LogP contribution is 2.44. The van der Waals surface area contributed by atoms with Crippen molar-refractivity contribution < 1.29 is 9.47 Å². The van der Waals surface area contributed by atoms with E-state index < -0.39 is 0 Å². The first-order valence-corrected chi connectivity index (χ1v) is 7.92. The molecule has 1 aliphatic rings. The molecule has 1 fully saturated rings. The maximum Gasteiger partial charge on any atom is 0.123 e. The lowest BCUT2D eigenvalue weighted by Gasteiger charge is -2.52. The van der Waals surface area contributed by atoms with Crippen molar-refractivity contribution in [2.24, 2.45) is 5.41 Å². The second-order valence-corrected chi connectivity index (χ2v) is 6.69. The van der Waals surface area contributed by atoms with Crippen LogP contribution < -0.4 is 10.1 Å². The van der Waals surface area contributed by atoms with Crippen LogP contribution in [0.2, 0.25) is 0 Å². The molecule has 3 unspecified atom stereocenters. The van der Waals surface area contributed by atoms with E-state index in [9.17, 15) is 0 Å². The molecule has 1 N–H and O–H groups in total. The third-order valence-electron chi connectivity index (χ3n) is 4.85. The number of ether oxygens (including phenoxy) is 2. The molecule has 2 rings (SSSR count). The molecule has 0 aliphatic heterocycles. The molecule has 3 atom stereocenters. The lowest BCUT2D eigenvalue weighted by molar-refractivity contribution is -0.116. The van der Waals surface area contributed by atoms with Gasteiger partial charge in [0.05, 0.1) is 13.2 Å². The molecule has 0 amide bonds. The number of methoxy groups -OCH3 is 1. The summed E-state index contributed by atoms with van der Waals surface area (Å²) >= 11 is 0. The summed E-state index contributed by atoms with van der Waals surface area (Å²) in [5.74, 6) is 0.966. The van der Waals surface area contributed by atoms with Gasteiger partial charge in [0, 0.05) is 29.7 Å². The number of rotatable bonds is 6. The summed E-state index contributed by atoms with van der Waals surface area (Å²) in [5.41, 5.74) is 2.63. The van der Waals surface area contributed by atoms with Gasteiger partial charge < -0.3 is 14.8 Å². The molecular weight excluding hydrogens is 262 g/mol. The maximum atomic E-state index is 5.81. The van der Waals surface area contributed by atoms with Gasteiger partial charge in [-0.1, -0.05) is 26.0 Å². The molecule has 0 aromatic heterocycles. The summed E-state index contributed by atoms with van der Waals surface area (Å²) in [4.78, 5) is 0. The lowest BCUT2D eigenvalue weighted by Crippen LogP contribution is -2.61. The van der Waals surface area contributed by atoms with Crippen LogP contribution in [0.25, 0.3) is 0 Å². The Morgan fingerprint density at radius 1 is 1.38 bits per heavy atom. The molecule has 1 saturated carbocycles. The van der Waals surface area contributed by atoms with Crippen LogP contribution >= 0.6 is 0 Å². The van der Waals surface area contributed by atoms with Crippen LogP contribution in [-0.2, 0) is 4.74 Å². The van der Waals surface area contributed by atoms with E-state index in [0.29, 0.717) is 12.1 Å². The molecule has 1 aromatic carbocycles. The number of nitrogens with one attached hydrogen (secondary N) is 1. The SMILES string of the molecule is CCOC1CC(NC(C)c2ccc(C)cc2OC)C1(C)C. The molecule has 21 heavy (non-hydrogen) atoms. The van der Waals surface area contributed by atoms with Crippen LogP contribution in [0.4, 0.5) is 0 Å². The Morgan fingerprint density at radius 3 is 2.67 bits per heavy atom. The van der Waals surface area contributed by atoms with Crippen LogP contribution in [0.1, 0.15) is 51.3 Å². The lowest BCUT2D eigenvalue weighted by atomic mass is 9.64. The first kappa shape index (κ1) is 16.3. The van der Waals surface area contributed by atoms with Crippen LogP contribution in [-0.4, -0.2) is 25.9 Å². The largest absolute Gasteiger partial charge is 0.496 e. The highest BCUT2D eigenvalue weighted by Gasteiger charge is 2.49. The van der Waals surface area contributed by atoms with Crippen LogP contribution in [0.5, 0.6) is 5.75 Å². The third kappa shape index (κ3) is 3.24. The highest BCUT2D eigenvalue weighted by molar-refractivity contribution is 5.39. The van der Waals surface area contributed by atoms with Crippen molar-refractivity contribution in [2.75, 3.05) is 13.7 Å². The second-order valence-electron chi connectivity index (χ2n) is 6.69. The Hall–Kier alpha value is -1.06. The van der Waals surface area contributed by atoms with Gasteiger partial charge in [-0.2, -0.15) is 0 Å². The summed E-state index contributed by atoms with van der Waals surface area (Å²) in [6, 6.07) is 7.16. The molecule has 0 heterocycles. The van der Waals surface area contributed by atoms with Crippen LogP contribution in [0, 0.1) is 12.3 Å². The van der Waals surface area contributed by atoms with E-state index in [-0.39, 0.29) is 11.5 Å². The molecule has 0 spiro atoms. The summed E-state index contributed by atoms with van der Waals surface area (Å²) in [6.07, 6.45) is 1.45. The van der Waals surface area contributed by atoms with E-state index in [2.05, 4.69) is 58.1 Å². The van der Waals surface area contributed by atoms with Gasteiger partial charge in [-0.05, 0) is 38.8 Å². The molecule has 0 saturated heterocycles. The van der Waals surface area contributed by atoms with Gasteiger partial charge in [-0.3, -0.25) is 0 Å². The Labute approximate surface area is 129 Å². The van der Waals surface area contributed by atoms with E-state index in [1.807, 2.05) is 0 Å². The first-order chi connectivity index (χ1) is 9.90. The van der Waals surface area contributed by atoms with Crippen molar-refractivity contribution in [2.45, 2.75) is 59.2 Å². The van der Waals surface area contributed by atoms with Crippen molar-refractivity contribution in [3.63, 3.8) is 0 Å². The van der Waals surface area contributed by atoms with Crippen LogP contribution in [0.15, 0.2) is 18.2 Å². The predicted octanol–water partition coefficient (Wildman–Crippen LogP) is 3.86. The smallest absolute Gasteiger partial charge is 0.123 e. The number of hydrogen-bond donors (Lipinski definition) is 1. The summed E-state index contributed by atoms with van der Waals surface area (Å²) in [6.45, 7) is 11.7. The van der Waals surface area contributed by atoms with Gasteiger partial charge in [-0.15, -0.1) is 0 Å². The molecule has 0 bridgehead atoms. The van der Waals surface area contributed by atoms with Gasteiger partial charge in [0.25, 0.3) is 0 Å². The number of hydrogen-bond acceptors (Lipinski definition) is 3. The van der Waals surface area contributed by atoms with Gasteiger partial charge in [0.1, 0.15) is 5.75 Å². The van der Waals surface area contributed by atoms with E-state index in [1.54, 1.807) is 7.11 Å². The average molecular weight is 291 g/mol. The topological polar surface area (TPSA) is 30.5 Å².